The fourth-order valence-corrected chi connectivity index (χ4v) is 0. The highest BCUT2D eigenvalue weighted by molar-refractivity contribution is 7.79. The Hall–Kier alpha value is -0.790. The maximum atomic E-state index is 9.24. The summed E-state index contributed by atoms with van der Waals surface area (Å²) in [5.41, 5.74) is 4.47. The fraction of sp³-hybridized carbons (Fsp3) is 0. The van der Waals surface area contributed by atoms with Gasteiger partial charge in [0.1, 0.15) is 0 Å². The smallest absolute Gasteiger partial charge is 0.357 e. The van der Waals surface area contributed by atoms with E-state index in [1.807, 2.05) is 0 Å². The first-order chi connectivity index (χ1) is 3.64. The van der Waals surface area contributed by atoms with Crippen molar-refractivity contribution in [3.8, 4) is 0 Å². The van der Waals surface area contributed by atoms with Crippen molar-refractivity contribution in [2.75, 3.05) is 0 Å². The van der Waals surface area contributed by atoms with Gasteiger partial charge in [-0.05, 0) is 4.92 Å². The number of nitrogens with two attached hydrogens (primary N) is 3. The molecule has 0 saturated carbocycles. The average molecular weight is 138 g/mol. The number of rotatable bonds is 0. The van der Waals surface area contributed by atoms with Gasteiger partial charge in [0.15, 0.2) is 0 Å². The molecule has 6 N–H and O–H groups in total. The minimum atomic E-state index is -0.824. The van der Waals surface area contributed by atoms with E-state index < -0.39 is 10.0 Å². The summed E-state index contributed by atoms with van der Waals surface area (Å²) in [5.74, 6) is 8.00. The largest absolute Gasteiger partial charge is 0.382 e. The predicted octanol–water partition coefficient (Wildman–Crippen LogP) is -1.67. The van der Waals surface area contributed by atoms with Crippen molar-refractivity contribution in [1.29, 1.82) is 0 Å². The van der Waals surface area contributed by atoms with Crippen LogP contribution >= 0.6 is 12.2 Å². The van der Waals surface area contributed by atoms with E-state index in [4.69, 9.17) is 0 Å². The van der Waals surface area contributed by atoms with E-state index in [1.165, 1.54) is 0 Å². The Labute approximate surface area is 50.7 Å². The van der Waals surface area contributed by atoms with Gasteiger partial charge in [-0.25, -0.2) is 0 Å². The molecule has 0 rings (SSSR count). The standard InChI is InChI=1S/CH2N2O2S.H4N2/c2-1(6)3(4)5;1-2/h(H2,2,6);1-2H2. The van der Waals surface area contributed by atoms with Crippen LogP contribution in [0.25, 0.3) is 0 Å². The third-order valence-corrected chi connectivity index (χ3v) is 0.329. The lowest BCUT2D eigenvalue weighted by Crippen LogP contribution is -2.18. The van der Waals surface area contributed by atoms with Crippen LogP contribution in [0.4, 0.5) is 0 Å². The van der Waals surface area contributed by atoms with Crippen LogP contribution in [-0.4, -0.2) is 10.0 Å². The Morgan fingerprint density at radius 2 is 1.75 bits per heavy atom. The van der Waals surface area contributed by atoms with Gasteiger partial charge in [-0.2, -0.15) is 0 Å². The molecule has 0 unspecified atom stereocenters. The molecule has 6 nitrogen and oxygen atoms in total. The van der Waals surface area contributed by atoms with Crippen LogP contribution in [0.15, 0.2) is 0 Å². The van der Waals surface area contributed by atoms with Crippen molar-refractivity contribution < 1.29 is 4.92 Å². The Morgan fingerprint density at radius 1 is 1.62 bits per heavy atom. The van der Waals surface area contributed by atoms with Crippen LogP contribution < -0.4 is 17.4 Å². The minimum absolute atomic E-state index is 0.685. The van der Waals surface area contributed by atoms with E-state index in [0.717, 1.165) is 0 Å². The molecular weight excluding hydrogens is 132 g/mol. The van der Waals surface area contributed by atoms with E-state index in [1.54, 1.807) is 0 Å². The molecule has 0 amide bonds. The Kier molecular flexibility index (Phi) is 7.95. The van der Waals surface area contributed by atoms with E-state index in [2.05, 4.69) is 29.6 Å². The van der Waals surface area contributed by atoms with Crippen LogP contribution in [0, 0.1) is 10.1 Å². The molecule has 0 heterocycles. The number of hydrogen-bond acceptors (Lipinski definition) is 5. The van der Waals surface area contributed by atoms with E-state index in [-0.39, 0.29) is 0 Å². The lowest BCUT2D eigenvalue weighted by Gasteiger charge is -1.82. The lowest BCUT2D eigenvalue weighted by atomic mass is 11.2. The number of nitro groups is 1. The van der Waals surface area contributed by atoms with Crippen LogP contribution in [0.2, 0.25) is 0 Å². The predicted molar refractivity (Wildman–Crippen MR) is 32.2 cm³/mol. The Balaban J connectivity index is 0. The number of hydrogen-bond donors (Lipinski definition) is 3. The quantitative estimate of drug-likeness (QED) is 0.159. The Bertz CT molecular complexity index is 80.0. The third-order valence-electron chi connectivity index (χ3n) is 0.180. The van der Waals surface area contributed by atoms with Crippen LogP contribution in [-0.2, 0) is 0 Å². The third kappa shape index (κ3) is 8.96. The molecule has 0 aliphatic rings. The summed E-state index contributed by atoms with van der Waals surface area (Å²) in [6.07, 6.45) is 0. The van der Waals surface area contributed by atoms with Crippen molar-refractivity contribution in [2.45, 2.75) is 0 Å². The maximum Gasteiger partial charge on any atom is 0.382 e. The zero-order chi connectivity index (χ0) is 7.15. The molecule has 7 heteroatoms. The fourth-order valence-electron chi connectivity index (χ4n) is 0. The first-order valence-electron chi connectivity index (χ1n) is 1.41. The molecule has 0 fully saturated rings. The van der Waals surface area contributed by atoms with Gasteiger partial charge in [-0.1, -0.05) is 0 Å². The number of hydrazine groups is 1. The molecule has 0 bridgehead atoms. The second-order valence-electron chi connectivity index (χ2n) is 0.595. The van der Waals surface area contributed by atoms with Gasteiger partial charge in [0.2, 0.25) is 0 Å². The summed E-state index contributed by atoms with van der Waals surface area (Å²) in [5, 5.41) is 8.55. The summed E-state index contributed by atoms with van der Waals surface area (Å²) < 4.78 is 0. The molecule has 0 aromatic carbocycles. The summed E-state index contributed by atoms with van der Waals surface area (Å²) in [6, 6.07) is 0. The van der Waals surface area contributed by atoms with Crippen LogP contribution in [0.3, 0.4) is 0 Å². The number of nitrogens with zero attached hydrogens (tertiary/aromatic N) is 1. The van der Waals surface area contributed by atoms with Crippen molar-refractivity contribution >= 4 is 17.3 Å². The maximum absolute atomic E-state index is 9.24. The topological polar surface area (TPSA) is 121 Å². The molecule has 48 valence electrons. The zero-order valence-electron chi connectivity index (χ0n) is 3.90. The number of thiocarbonyl (C=S) groups is 1. The molecular formula is CH6N4O2S. The van der Waals surface area contributed by atoms with Gasteiger partial charge >= 0.3 is 5.11 Å². The van der Waals surface area contributed by atoms with E-state index >= 15 is 0 Å². The van der Waals surface area contributed by atoms with Crippen molar-refractivity contribution in [3.63, 3.8) is 0 Å². The monoisotopic (exact) mass is 138 g/mol. The zero-order valence-corrected chi connectivity index (χ0v) is 4.72. The molecule has 8 heavy (non-hydrogen) atoms. The van der Waals surface area contributed by atoms with Gasteiger partial charge in [0, 0.05) is 12.2 Å². The van der Waals surface area contributed by atoms with E-state index in [9.17, 15) is 10.1 Å². The van der Waals surface area contributed by atoms with Gasteiger partial charge in [-0.15, -0.1) is 0 Å². The van der Waals surface area contributed by atoms with Gasteiger partial charge in [0.25, 0.3) is 0 Å². The average Bonchev–Trinajstić information content (AvgIpc) is 1.72. The first kappa shape index (κ1) is 10.2. The molecule has 0 radical (unpaired) electrons. The van der Waals surface area contributed by atoms with Crippen molar-refractivity contribution in [2.24, 2.45) is 17.4 Å². The van der Waals surface area contributed by atoms with Crippen LogP contribution in [0.5, 0.6) is 0 Å². The first-order valence-corrected chi connectivity index (χ1v) is 1.82. The Morgan fingerprint density at radius 3 is 1.75 bits per heavy atom. The molecule has 0 atom stereocenters. The summed E-state index contributed by atoms with van der Waals surface area (Å²) >= 11 is 3.90. The van der Waals surface area contributed by atoms with Gasteiger partial charge < -0.3 is 10.1 Å². The molecule has 0 saturated heterocycles. The minimum Gasteiger partial charge on any atom is -0.357 e. The molecule has 0 spiro atoms. The van der Waals surface area contributed by atoms with Gasteiger partial charge in [-0.3, -0.25) is 17.4 Å². The highest BCUT2D eigenvalue weighted by atomic mass is 32.1. The second kappa shape index (κ2) is 6.21. The lowest BCUT2D eigenvalue weighted by molar-refractivity contribution is -0.347. The van der Waals surface area contributed by atoms with Gasteiger partial charge in [0.05, 0.1) is 0 Å². The molecule has 0 aliphatic carbocycles. The molecule has 0 aromatic rings. The van der Waals surface area contributed by atoms with Crippen molar-refractivity contribution in [3.05, 3.63) is 10.1 Å². The molecule has 0 aliphatic heterocycles. The normalized spacial score (nSPS) is 6.25. The molecule has 0 aromatic heterocycles. The van der Waals surface area contributed by atoms with E-state index in [0.29, 0.717) is 0 Å². The summed E-state index contributed by atoms with van der Waals surface area (Å²) in [7, 11) is 0. The highest BCUT2D eigenvalue weighted by Crippen LogP contribution is 1.62. The van der Waals surface area contributed by atoms with Crippen molar-refractivity contribution in [1.82, 2.24) is 0 Å². The second-order valence-corrected chi connectivity index (χ2v) is 1.01. The summed E-state index contributed by atoms with van der Waals surface area (Å²) in [4.78, 5) is 8.41. The summed E-state index contributed by atoms with van der Waals surface area (Å²) in [6.45, 7) is 0. The van der Waals surface area contributed by atoms with Crippen LogP contribution in [0.1, 0.15) is 0 Å². The SMILES string of the molecule is NC(=S)[N+](=O)[O-].NN. The highest BCUT2D eigenvalue weighted by Gasteiger charge is 1.90.